The molecule has 0 aromatic carbocycles. The van der Waals surface area contributed by atoms with Gasteiger partial charge in [0.05, 0.1) is 32.2 Å². The van der Waals surface area contributed by atoms with Gasteiger partial charge >= 0.3 is 0 Å². The molecule has 0 fully saturated rings. The molecule has 0 bridgehead atoms. The average Bonchev–Trinajstić information content (AvgIpc) is 2.26. The van der Waals surface area contributed by atoms with Crippen molar-refractivity contribution in [3.8, 4) is 0 Å². The predicted octanol–water partition coefficient (Wildman–Crippen LogP) is -0.742. The van der Waals surface area contributed by atoms with E-state index < -0.39 is 25.4 Å². The molecule has 1 heterocycles. The topological polar surface area (TPSA) is 98.5 Å². The van der Waals surface area contributed by atoms with Crippen molar-refractivity contribution in [2.24, 2.45) is 0 Å². The van der Waals surface area contributed by atoms with Gasteiger partial charge in [0.2, 0.25) is 0 Å². The Morgan fingerprint density at radius 2 is 1.80 bits per heavy atom. The van der Waals surface area contributed by atoms with Crippen molar-refractivity contribution < 1.29 is 15.3 Å². The molecule has 0 aliphatic rings. The van der Waals surface area contributed by atoms with Crippen molar-refractivity contribution in [2.75, 3.05) is 25.1 Å². The van der Waals surface area contributed by atoms with Crippen LogP contribution in [0.15, 0.2) is 12.4 Å². The lowest BCUT2D eigenvalue weighted by atomic mass is 10.0. The molecule has 0 saturated heterocycles. The minimum absolute atomic E-state index is 0.183. The summed E-state index contributed by atoms with van der Waals surface area (Å²) in [4.78, 5) is 7.63. The number of aliphatic hydroxyl groups is 3. The quantitative estimate of drug-likeness (QED) is 0.535. The molecule has 0 amide bonds. The Morgan fingerprint density at radius 1 is 1.20 bits per heavy atom. The third-order valence-corrected chi connectivity index (χ3v) is 2.09. The molecule has 1 aromatic rings. The maximum Gasteiger partial charge on any atom is 0.149 e. The van der Waals surface area contributed by atoms with E-state index >= 15 is 0 Å². The maximum atomic E-state index is 9.04. The van der Waals surface area contributed by atoms with Crippen LogP contribution in [-0.4, -0.2) is 50.6 Å². The van der Waals surface area contributed by atoms with E-state index in [2.05, 4.69) is 15.3 Å². The zero-order chi connectivity index (χ0) is 11.3. The molecule has 0 saturated carbocycles. The highest BCUT2D eigenvalue weighted by atomic mass is 35.5. The molecule has 0 unspecified atom stereocenters. The molecule has 7 heteroatoms. The summed E-state index contributed by atoms with van der Waals surface area (Å²) in [5.41, 5.74) is -1.22. The number of hydrogen-bond acceptors (Lipinski definition) is 6. The first-order chi connectivity index (χ1) is 7.15. The van der Waals surface area contributed by atoms with E-state index in [0.29, 0.717) is 0 Å². The second kappa shape index (κ2) is 5.22. The highest BCUT2D eigenvalue weighted by molar-refractivity contribution is 6.29. The molecular formula is C8H12ClN3O3. The van der Waals surface area contributed by atoms with Crippen LogP contribution in [0.1, 0.15) is 0 Å². The van der Waals surface area contributed by atoms with Crippen molar-refractivity contribution in [1.82, 2.24) is 9.97 Å². The summed E-state index contributed by atoms with van der Waals surface area (Å²) in [6.45, 7) is -1.31. The van der Waals surface area contributed by atoms with Gasteiger partial charge in [-0.1, -0.05) is 11.6 Å². The first-order valence-corrected chi connectivity index (χ1v) is 4.62. The second-order valence-electron chi connectivity index (χ2n) is 3.11. The lowest BCUT2D eigenvalue weighted by Crippen LogP contribution is -2.49. The van der Waals surface area contributed by atoms with Crippen LogP contribution >= 0.6 is 11.6 Å². The summed E-state index contributed by atoms with van der Waals surface area (Å²) in [6, 6.07) is 0. The van der Waals surface area contributed by atoms with E-state index in [1.165, 1.54) is 12.4 Å². The molecule has 0 atom stereocenters. The first-order valence-electron chi connectivity index (χ1n) is 4.24. The van der Waals surface area contributed by atoms with Crippen LogP contribution < -0.4 is 5.32 Å². The summed E-state index contributed by atoms with van der Waals surface area (Å²) in [5.74, 6) is 0.277. The average molecular weight is 234 g/mol. The molecular weight excluding hydrogens is 222 g/mol. The van der Waals surface area contributed by atoms with E-state index in [4.69, 9.17) is 26.9 Å². The van der Waals surface area contributed by atoms with Gasteiger partial charge in [-0.15, -0.1) is 0 Å². The molecule has 1 rings (SSSR count). The number of aromatic nitrogens is 2. The lowest BCUT2D eigenvalue weighted by Gasteiger charge is -2.28. The molecule has 0 radical (unpaired) electrons. The number of nitrogens with one attached hydrogen (secondary N) is 1. The second-order valence-corrected chi connectivity index (χ2v) is 3.49. The van der Waals surface area contributed by atoms with Gasteiger partial charge in [-0.2, -0.15) is 0 Å². The Bertz CT molecular complexity index is 311. The van der Waals surface area contributed by atoms with Crippen LogP contribution in [0.3, 0.4) is 0 Å². The summed E-state index contributed by atoms with van der Waals surface area (Å²) >= 11 is 5.60. The number of aliphatic hydroxyl groups excluding tert-OH is 3. The monoisotopic (exact) mass is 233 g/mol. The van der Waals surface area contributed by atoms with Crippen LogP contribution in [0, 0.1) is 0 Å². The lowest BCUT2D eigenvalue weighted by molar-refractivity contribution is 0.0831. The standard InChI is InChI=1S/C8H12ClN3O3/c9-6-1-10-2-7(11-6)12-8(3-13,4-14)5-15/h1-2,13-15H,3-5H2,(H,11,12). The molecule has 0 aliphatic carbocycles. The fourth-order valence-corrected chi connectivity index (χ4v) is 1.09. The Morgan fingerprint density at radius 3 is 2.27 bits per heavy atom. The number of hydrogen-bond donors (Lipinski definition) is 4. The van der Waals surface area contributed by atoms with E-state index in [9.17, 15) is 0 Å². The Hall–Kier alpha value is -0.950. The van der Waals surface area contributed by atoms with Crippen LogP contribution in [0.25, 0.3) is 0 Å². The van der Waals surface area contributed by atoms with Crippen molar-refractivity contribution in [2.45, 2.75) is 5.54 Å². The van der Waals surface area contributed by atoms with Gasteiger partial charge in [0.25, 0.3) is 0 Å². The van der Waals surface area contributed by atoms with Crippen molar-refractivity contribution in [3.05, 3.63) is 17.5 Å². The minimum Gasteiger partial charge on any atom is -0.394 e. The SMILES string of the molecule is OCC(CO)(CO)Nc1cncc(Cl)n1. The third kappa shape index (κ3) is 3.00. The van der Waals surface area contributed by atoms with E-state index in [0.717, 1.165) is 0 Å². The smallest absolute Gasteiger partial charge is 0.149 e. The normalized spacial score (nSPS) is 11.5. The Balaban J connectivity index is 2.82. The van der Waals surface area contributed by atoms with E-state index in [1.54, 1.807) is 0 Å². The maximum absolute atomic E-state index is 9.04. The first kappa shape index (κ1) is 12.1. The zero-order valence-corrected chi connectivity index (χ0v) is 8.65. The molecule has 6 nitrogen and oxygen atoms in total. The van der Waals surface area contributed by atoms with Gasteiger partial charge < -0.3 is 20.6 Å². The Labute approximate surface area is 91.6 Å². The van der Waals surface area contributed by atoms with E-state index in [1.807, 2.05) is 0 Å². The van der Waals surface area contributed by atoms with Gasteiger partial charge in [-0.05, 0) is 0 Å². The van der Waals surface area contributed by atoms with Gasteiger partial charge in [0.1, 0.15) is 16.5 Å². The van der Waals surface area contributed by atoms with Crippen LogP contribution in [0.4, 0.5) is 5.82 Å². The molecule has 1 aromatic heterocycles. The van der Waals surface area contributed by atoms with Crippen LogP contribution in [0.2, 0.25) is 5.15 Å². The highest BCUT2D eigenvalue weighted by Crippen LogP contribution is 2.13. The molecule has 0 spiro atoms. The van der Waals surface area contributed by atoms with Crippen molar-refractivity contribution in [3.63, 3.8) is 0 Å². The van der Waals surface area contributed by atoms with Gasteiger partial charge in [0.15, 0.2) is 0 Å². The summed E-state index contributed by atoms with van der Waals surface area (Å²) in [6.07, 6.45) is 2.73. The number of rotatable bonds is 5. The van der Waals surface area contributed by atoms with Gasteiger partial charge in [0, 0.05) is 0 Å². The summed E-state index contributed by atoms with van der Waals surface area (Å²) in [5, 5.41) is 30.0. The molecule has 15 heavy (non-hydrogen) atoms. The minimum atomic E-state index is -1.22. The molecule has 84 valence electrons. The number of anilines is 1. The van der Waals surface area contributed by atoms with Gasteiger partial charge in [-0.25, -0.2) is 4.98 Å². The van der Waals surface area contributed by atoms with Crippen LogP contribution in [-0.2, 0) is 0 Å². The fraction of sp³-hybridized carbons (Fsp3) is 0.500. The largest absolute Gasteiger partial charge is 0.394 e. The number of halogens is 1. The highest BCUT2D eigenvalue weighted by Gasteiger charge is 2.28. The van der Waals surface area contributed by atoms with Crippen molar-refractivity contribution in [1.29, 1.82) is 0 Å². The zero-order valence-electron chi connectivity index (χ0n) is 7.89. The predicted molar refractivity (Wildman–Crippen MR) is 54.7 cm³/mol. The number of nitrogens with zero attached hydrogens (tertiary/aromatic N) is 2. The van der Waals surface area contributed by atoms with Gasteiger partial charge in [-0.3, -0.25) is 4.98 Å². The van der Waals surface area contributed by atoms with E-state index in [-0.39, 0.29) is 11.0 Å². The summed E-state index contributed by atoms with van der Waals surface area (Å²) in [7, 11) is 0. The fourth-order valence-electron chi connectivity index (χ4n) is 0.943. The molecule has 0 aliphatic heterocycles. The van der Waals surface area contributed by atoms with Crippen LogP contribution in [0.5, 0.6) is 0 Å². The summed E-state index contributed by atoms with van der Waals surface area (Å²) < 4.78 is 0. The Kier molecular flexibility index (Phi) is 4.22. The third-order valence-electron chi connectivity index (χ3n) is 1.91. The molecule has 4 N–H and O–H groups in total. The van der Waals surface area contributed by atoms with Crippen molar-refractivity contribution >= 4 is 17.4 Å².